The minimum absolute atomic E-state index is 0.927. The maximum absolute atomic E-state index is 10.6. The number of carbonyl (C=O) groups is 3. The summed E-state index contributed by atoms with van der Waals surface area (Å²) >= 11 is 0. The molecule has 0 aromatic heterocycles. The first-order valence-corrected chi connectivity index (χ1v) is 3.05. The molecule has 0 saturated carbocycles. The number of hydrogen-bond acceptors (Lipinski definition) is 6. The van der Waals surface area contributed by atoms with Crippen molar-refractivity contribution < 1.29 is 29.7 Å². The normalized spacial score (nSPS) is 12.2. The Labute approximate surface area is 67.4 Å². The summed E-state index contributed by atoms with van der Waals surface area (Å²) in [7, 11) is 0. The molecule has 68 valence electrons. The quantitative estimate of drug-likeness (QED) is 0.305. The molecule has 0 aromatic rings. The van der Waals surface area contributed by atoms with Gasteiger partial charge < -0.3 is 15.3 Å². The molecule has 6 heteroatoms. The van der Waals surface area contributed by atoms with Crippen molar-refractivity contribution in [3.8, 4) is 0 Å². The van der Waals surface area contributed by atoms with Crippen LogP contribution in [0.15, 0.2) is 0 Å². The Morgan fingerprint density at radius 1 is 1.17 bits per heavy atom. The van der Waals surface area contributed by atoms with Gasteiger partial charge in [0, 0.05) is 0 Å². The molecule has 0 radical (unpaired) electrons. The molecule has 0 bridgehead atoms. The fraction of sp³-hybridized carbons (Fsp3) is 0.500. The summed E-state index contributed by atoms with van der Waals surface area (Å²) in [6, 6.07) is 0. The Balaban J connectivity index is 4.30. The fourth-order valence-corrected chi connectivity index (χ4v) is 0.443. The molecule has 0 aliphatic heterocycles. The van der Waals surface area contributed by atoms with Crippen molar-refractivity contribution in [1.82, 2.24) is 0 Å². The van der Waals surface area contributed by atoms with Gasteiger partial charge in [-0.25, -0.2) is 0 Å². The molecule has 3 N–H and O–H groups in total. The molecule has 1 atom stereocenters. The summed E-state index contributed by atoms with van der Waals surface area (Å²) < 4.78 is 0. The number of rotatable bonds is 5. The molecular weight excluding hydrogens is 168 g/mol. The molecule has 0 amide bonds. The molecule has 0 spiro atoms. The molecular formula is C6H8O6. The van der Waals surface area contributed by atoms with Crippen molar-refractivity contribution in [2.75, 3.05) is 13.2 Å². The lowest BCUT2D eigenvalue weighted by atomic mass is 10.1. The predicted octanol–water partition coefficient (Wildman–Crippen LogP) is -2.96. The van der Waals surface area contributed by atoms with Crippen LogP contribution >= 0.6 is 0 Å². The second kappa shape index (κ2) is 4.70. The Hall–Kier alpha value is -1.11. The molecule has 0 aliphatic rings. The third kappa shape index (κ3) is 2.50. The van der Waals surface area contributed by atoms with Crippen LogP contribution in [0.1, 0.15) is 0 Å². The van der Waals surface area contributed by atoms with Crippen LogP contribution in [0.4, 0.5) is 0 Å². The summed E-state index contributed by atoms with van der Waals surface area (Å²) in [6.45, 7) is -2.01. The monoisotopic (exact) mass is 176 g/mol. The van der Waals surface area contributed by atoms with Gasteiger partial charge in [-0.3, -0.25) is 14.4 Å². The number of hydrogen-bond donors (Lipinski definition) is 3. The third-order valence-electron chi connectivity index (χ3n) is 1.10. The van der Waals surface area contributed by atoms with E-state index in [0.717, 1.165) is 0 Å². The molecule has 6 nitrogen and oxygen atoms in total. The second-order valence-corrected chi connectivity index (χ2v) is 1.97. The first kappa shape index (κ1) is 10.9. The predicted molar refractivity (Wildman–Crippen MR) is 35.2 cm³/mol. The topological polar surface area (TPSA) is 112 Å². The Bertz CT molecular complexity index is 208. The van der Waals surface area contributed by atoms with E-state index in [-0.39, 0.29) is 0 Å². The van der Waals surface area contributed by atoms with Gasteiger partial charge in [-0.2, -0.15) is 0 Å². The van der Waals surface area contributed by atoms with E-state index in [9.17, 15) is 14.4 Å². The van der Waals surface area contributed by atoms with Gasteiger partial charge in [0.1, 0.15) is 12.7 Å². The van der Waals surface area contributed by atoms with E-state index < -0.39 is 36.7 Å². The van der Waals surface area contributed by atoms with Crippen LogP contribution in [-0.4, -0.2) is 52.0 Å². The van der Waals surface area contributed by atoms with E-state index in [0.29, 0.717) is 0 Å². The highest BCUT2D eigenvalue weighted by Crippen LogP contribution is 1.88. The molecule has 0 saturated heterocycles. The summed E-state index contributed by atoms with van der Waals surface area (Å²) in [6.07, 6.45) is -1.88. The molecule has 0 fully saturated rings. The van der Waals surface area contributed by atoms with Gasteiger partial charge in [0.05, 0.1) is 6.61 Å². The van der Waals surface area contributed by atoms with Gasteiger partial charge in [0.2, 0.25) is 11.6 Å². The molecule has 12 heavy (non-hydrogen) atoms. The lowest BCUT2D eigenvalue weighted by Gasteiger charge is -2.02. The third-order valence-corrected chi connectivity index (χ3v) is 1.10. The minimum atomic E-state index is -1.88. The van der Waals surface area contributed by atoms with E-state index in [2.05, 4.69) is 0 Å². The van der Waals surface area contributed by atoms with Crippen LogP contribution in [0, 0.1) is 0 Å². The smallest absolute Gasteiger partial charge is 0.269 e. The van der Waals surface area contributed by atoms with Crippen LogP contribution < -0.4 is 0 Å². The summed E-state index contributed by atoms with van der Waals surface area (Å²) in [5.74, 6) is -4.21. The van der Waals surface area contributed by atoms with Crippen molar-refractivity contribution in [3.05, 3.63) is 0 Å². The SMILES string of the molecule is O=C(CO)C(=O)C(=O)C(O)CO. The number of ketones is 3. The van der Waals surface area contributed by atoms with Gasteiger partial charge in [-0.05, 0) is 0 Å². The van der Waals surface area contributed by atoms with Gasteiger partial charge >= 0.3 is 0 Å². The summed E-state index contributed by atoms with van der Waals surface area (Å²) in [5, 5.41) is 24.9. The maximum Gasteiger partial charge on any atom is 0.269 e. The molecule has 0 aliphatic carbocycles. The van der Waals surface area contributed by atoms with Crippen LogP contribution in [0.3, 0.4) is 0 Å². The zero-order chi connectivity index (χ0) is 9.72. The van der Waals surface area contributed by atoms with Crippen LogP contribution in [-0.2, 0) is 14.4 Å². The van der Waals surface area contributed by atoms with Gasteiger partial charge in [0.15, 0.2) is 0 Å². The zero-order valence-electron chi connectivity index (χ0n) is 6.06. The fourth-order valence-electron chi connectivity index (χ4n) is 0.443. The van der Waals surface area contributed by atoms with Gasteiger partial charge in [-0.15, -0.1) is 0 Å². The molecule has 0 aromatic carbocycles. The number of aliphatic hydroxyl groups is 3. The van der Waals surface area contributed by atoms with E-state index in [1.165, 1.54) is 0 Å². The van der Waals surface area contributed by atoms with E-state index in [1.807, 2.05) is 0 Å². The van der Waals surface area contributed by atoms with Crippen LogP contribution in [0.25, 0.3) is 0 Å². The lowest BCUT2D eigenvalue weighted by Crippen LogP contribution is -2.36. The Morgan fingerprint density at radius 3 is 2.00 bits per heavy atom. The van der Waals surface area contributed by atoms with Crippen molar-refractivity contribution >= 4 is 17.3 Å². The van der Waals surface area contributed by atoms with Crippen molar-refractivity contribution in [2.45, 2.75) is 6.10 Å². The number of carbonyl (C=O) groups excluding carboxylic acids is 3. The highest BCUT2D eigenvalue weighted by atomic mass is 16.3. The number of Topliss-reactive ketones (excluding diaryl/α,β-unsaturated/α-hetero) is 3. The standard InChI is InChI=1S/C6H8O6/c7-1-3(9)5(11)6(12)4(10)2-8/h3,7-9H,1-2H2. The average Bonchev–Trinajstić information content (AvgIpc) is 2.12. The first-order chi connectivity index (χ1) is 5.54. The minimum Gasteiger partial charge on any atom is -0.393 e. The van der Waals surface area contributed by atoms with E-state index in [1.54, 1.807) is 0 Å². The summed E-state index contributed by atoms with van der Waals surface area (Å²) in [5.41, 5.74) is 0. The molecule has 1 unspecified atom stereocenters. The Morgan fingerprint density at radius 2 is 1.67 bits per heavy atom. The number of aliphatic hydroxyl groups excluding tert-OH is 3. The first-order valence-electron chi connectivity index (χ1n) is 3.05. The van der Waals surface area contributed by atoms with E-state index in [4.69, 9.17) is 15.3 Å². The average molecular weight is 176 g/mol. The maximum atomic E-state index is 10.6. The van der Waals surface area contributed by atoms with Gasteiger partial charge in [0.25, 0.3) is 5.78 Å². The highest BCUT2D eigenvalue weighted by Gasteiger charge is 2.27. The zero-order valence-corrected chi connectivity index (χ0v) is 6.06. The highest BCUT2D eigenvalue weighted by molar-refractivity contribution is 6.64. The van der Waals surface area contributed by atoms with Crippen LogP contribution in [0.5, 0.6) is 0 Å². The Kier molecular flexibility index (Phi) is 4.27. The molecule has 0 heterocycles. The summed E-state index contributed by atoms with van der Waals surface area (Å²) in [4.78, 5) is 31.5. The largest absolute Gasteiger partial charge is 0.393 e. The van der Waals surface area contributed by atoms with E-state index >= 15 is 0 Å². The molecule has 0 rings (SSSR count). The van der Waals surface area contributed by atoms with Crippen molar-refractivity contribution in [1.29, 1.82) is 0 Å². The lowest BCUT2D eigenvalue weighted by molar-refractivity contribution is -0.149. The van der Waals surface area contributed by atoms with Crippen molar-refractivity contribution in [3.63, 3.8) is 0 Å². The van der Waals surface area contributed by atoms with Gasteiger partial charge in [-0.1, -0.05) is 0 Å². The second-order valence-electron chi connectivity index (χ2n) is 1.97. The van der Waals surface area contributed by atoms with Crippen LogP contribution in [0.2, 0.25) is 0 Å². The van der Waals surface area contributed by atoms with Crippen molar-refractivity contribution in [2.24, 2.45) is 0 Å².